The summed E-state index contributed by atoms with van der Waals surface area (Å²) < 4.78 is 11.1. The molecule has 19 heavy (non-hydrogen) atoms. The maximum Gasteiger partial charge on any atom is 0.231 e. The van der Waals surface area contributed by atoms with E-state index < -0.39 is 0 Å². The van der Waals surface area contributed by atoms with Gasteiger partial charge in [0.1, 0.15) is 6.10 Å². The van der Waals surface area contributed by atoms with Crippen molar-refractivity contribution in [1.82, 2.24) is 15.5 Å². The summed E-state index contributed by atoms with van der Waals surface area (Å²) in [5.41, 5.74) is 0. The Hall–Kier alpha value is -0.940. The van der Waals surface area contributed by atoms with Crippen LogP contribution in [0.2, 0.25) is 0 Å². The van der Waals surface area contributed by atoms with Crippen LogP contribution in [0.4, 0.5) is 0 Å². The van der Waals surface area contributed by atoms with Gasteiger partial charge in [-0.3, -0.25) is 0 Å². The number of hydrogen-bond acceptors (Lipinski definition) is 5. The Balaban J connectivity index is 1.67. The molecule has 0 aromatic carbocycles. The first-order chi connectivity index (χ1) is 9.38. The Labute approximate surface area is 114 Å². The summed E-state index contributed by atoms with van der Waals surface area (Å²) in [4.78, 5) is 4.59. The molecule has 1 N–H and O–H groups in total. The normalized spacial score (nSPS) is 31.1. The van der Waals surface area contributed by atoms with Gasteiger partial charge in [-0.05, 0) is 38.6 Å². The molecule has 5 nitrogen and oxygen atoms in total. The van der Waals surface area contributed by atoms with Crippen LogP contribution in [-0.2, 0) is 4.74 Å². The van der Waals surface area contributed by atoms with E-state index in [0.717, 1.165) is 50.6 Å². The van der Waals surface area contributed by atoms with Crippen LogP contribution in [0.3, 0.4) is 0 Å². The zero-order valence-electron chi connectivity index (χ0n) is 11.6. The second-order valence-electron chi connectivity index (χ2n) is 5.59. The van der Waals surface area contributed by atoms with Crippen molar-refractivity contribution < 1.29 is 9.26 Å². The van der Waals surface area contributed by atoms with E-state index in [9.17, 15) is 0 Å². The molecule has 5 heteroatoms. The molecule has 0 radical (unpaired) electrons. The number of ether oxygens (including phenoxy) is 1. The van der Waals surface area contributed by atoms with E-state index in [1.807, 2.05) is 0 Å². The molecule has 1 saturated heterocycles. The summed E-state index contributed by atoms with van der Waals surface area (Å²) >= 11 is 0. The van der Waals surface area contributed by atoms with Crippen LogP contribution >= 0.6 is 0 Å². The number of nitrogens with one attached hydrogen (secondary N) is 1. The van der Waals surface area contributed by atoms with Gasteiger partial charge in [0.2, 0.25) is 11.7 Å². The maximum atomic E-state index is 5.61. The third kappa shape index (κ3) is 2.82. The second kappa shape index (κ2) is 6.01. The highest BCUT2D eigenvalue weighted by molar-refractivity contribution is 5.04. The van der Waals surface area contributed by atoms with Gasteiger partial charge in [0.15, 0.2) is 0 Å². The third-order valence-corrected chi connectivity index (χ3v) is 4.16. The van der Waals surface area contributed by atoms with Crippen molar-refractivity contribution in [3.8, 4) is 0 Å². The van der Waals surface area contributed by atoms with Crippen molar-refractivity contribution in [2.45, 2.75) is 63.5 Å². The van der Waals surface area contributed by atoms with Crippen LogP contribution in [0.5, 0.6) is 0 Å². The van der Waals surface area contributed by atoms with Gasteiger partial charge >= 0.3 is 0 Å². The lowest BCUT2D eigenvalue weighted by Crippen LogP contribution is -2.31. The van der Waals surface area contributed by atoms with Crippen molar-refractivity contribution in [1.29, 1.82) is 0 Å². The number of hydrogen-bond donors (Lipinski definition) is 1. The topological polar surface area (TPSA) is 60.2 Å². The summed E-state index contributed by atoms with van der Waals surface area (Å²) in [6.45, 7) is 4.08. The molecule has 0 spiro atoms. The Morgan fingerprint density at radius 1 is 1.26 bits per heavy atom. The predicted octanol–water partition coefficient (Wildman–Crippen LogP) is 2.56. The molecule has 2 fully saturated rings. The van der Waals surface area contributed by atoms with Gasteiger partial charge in [-0.15, -0.1) is 0 Å². The highest BCUT2D eigenvalue weighted by atomic mass is 16.5. The molecular weight excluding hydrogens is 242 g/mol. The van der Waals surface area contributed by atoms with Gasteiger partial charge in [0, 0.05) is 12.6 Å². The minimum atomic E-state index is 0.0564. The zero-order chi connectivity index (χ0) is 13.1. The van der Waals surface area contributed by atoms with E-state index in [1.54, 1.807) is 0 Å². The van der Waals surface area contributed by atoms with Crippen LogP contribution in [0.15, 0.2) is 4.52 Å². The molecular formula is C14H23N3O2. The molecule has 1 saturated carbocycles. The van der Waals surface area contributed by atoms with Gasteiger partial charge in [-0.2, -0.15) is 4.98 Å². The molecule has 0 amide bonds. The Bertz CT molecular complexity index is 401. The molecule has 3 unspecified atom stereocenters. The summed E-state index contributed by atoms with van der Waals surface area (Å²) in [6, 6.07) is 0.498. The number of rotatable bonds is 5. The van der Waals surface area contributed by atoms with E-state index >= 15 is 0 Å². The fraction of sp³-hybridized carbons (Fsp3) is 0.857. The SMILES string of the molecule is CCCNC1CCCC1c1nc(C2CCCO2)no1. The Kier molecular flexibility index (Phi) is 4.13. The van der Waals surface area contributed by atoms with E-state index in [2.05, 4.69) is 22.4 Å². The van der Waals surface area contributed by atoms with E-state index in [-0.39, 0.29) is 6.10 Å². The minimum Gasteiger partial charge on any atom is -0.370 e. The summed E-state index contributed by atoms with van der Waals surface area (Å²) in [5, 5.41) is 7.72. The molecule has 2 heterocycles. The summed E-state index contributed by atoms with van der Waals surface area (Å²) in [6.07, 6.45) is 6.93. The van der Waals surface area contributed by atoms with Gasteiger partial charge in [-0.1, -0.05) is 18.5 Å². The Morgan fingerprint density at radius 2 is 2.21 bits per heavy atom. The number of aromatic nitrogens is 2. The smallest absolute Gasteiger partial charge is 0.231 e. The highest BCUT2D eigenvalue weighted by Crippen LogP contribution is 2.35. The van der Waals surface area contributed by atoms with Crippen molar-refractivity contribution in [3.05, 3.63) is 11.7 Å². The van der Waals surface area contributed by atoms with Crippen LogP contribution in [0, 0.1) is 0 Å². The van der Waals surface area contributed by atoms with Crippen molar-refractivity contribution in [3.63, 3.8) is 0 Å². The zero-order valence-corrected chi connectivity index (χ0v) is 11.6. The fourth-order valence-corrected chi connectivity index (χ4v) is 3.14. The highest BCUT2D eigenvalue weighted by Gasteiger charge is 2.33. The predicted molar refractivity (Wildman–Crippen MR) is 70.9 cm³/mol. The average Bonchev–Trinajstić information content (AvgIpc) is 3.14. The largest absolute Gasteiger partial charge is 0.370 e. The second-order valence-corrected chi connectivity index (χ2v) is 5.59. The van der Waals surface area contributed by atoms with E-state index in [0.29, 0.717) is 12.0 Å². The molecule has 3 atom stereocenters. The number of nitrogens with zero attached hydrogens (tertiary/aromatic N) is 2. The monoisotopic (exact) mass is 265 g/mol. The van der Waals surface area contributed by atoms with Gasteiger partial charge in [-0.25, -0.2) is 0 Å². The van der Waals surface area contributed by atoms with E-state index in [1.165, 1.54) is 12.8 Å². The van der Waals surface area contributed by atoms with Gasteiger partial charge in [0.25, 0.3) is 0 Å². The first-order valence-electron chi connectivity index (χ1n) is 7.57. The standard InChI is InChI=1S/C14H23N3O2/c1-2-8-15-11-6-3-5-10(11)14-16-13(17-19-14)12-7-4-9-18-12/h10-12,15H,2-9H2,1H3. The first kappa shape index (κ1) is 13.1. The van der Waals surface area contributed by atoms with Gasteiger partial charge in [0.05, 0.1) is 5.92 Å². The van der Waals surface area contributed by atoms with Crippen molar-refractivity contribution in [2.24, 2.45) is 0 Å². The lowest BCUT2D eigenvalue weighted by Gasteiger charge is -2.17. The van der Waals surface area contributed by atoms with Gasteiger partial charge < -0.3 is 14.6 Å². The lowest BCUT2D eigenvalue weighted by molar-refractivity contribution is 0.103. The molecule has 1 aliphatic carbocycles. The molecule has 0 bridgehead atoms. The van der Waals surface area contributed by atoms with Crippen LogP contribution in [0.1, 0.15) is 69.2 Å². The Morgan fingerprint density at radius 3 is 3.00 bits per heavy atom. The summed E-state index contributed by atoms with van der Waals surface area (Å²) in [5.74, 6) is 1.93. The first-order valence-corrected chi connectivity index (χ1v) is 7.57. The molecule has 106 valence electrons. The van der Waals surface area contributed by atoms with Crippen LogP contribution in [-0.4, -0.2) is 29.3 Å². The molecule has 1 aliphatic heterocycles. The quantitative estimate of drug-likeness (QED) is 0.886. The molecule has 1 aromatic heterocycles. The van der Waals surface area contributed by atoms with Crippen LogP contribution < -0.4 is 5.32 Å². The van der Waals surface area contributed by atoms with Crippen molar-refractivity contribution in [2.75, 3.05) is 13.2 Å². The fourth-order valence-electron chi connectivity index (χ4n) is 3.14. The molecule has 2 aliphatic rings. The average molecular weight is 265 g/mol. The lowest BCUT2D eigenvalue weighted by atomic mass is 10.0. The van der Waals surface area contributed by atoms with Crippen LogP contribution in [0.25, 0.3) is 0 Å². The maximum absolute atomic E-state index is 5.61. The summed E-state index contributed by atoms with van der Waals surface area (Å²) in [7, 11) is 0. The molecule has 3 rings (SSSR count). The molecule has 1 aromatic rings. The minimum absolute atomic E-state index is 0.0564. The van der Waals surface area contributed by atoms with Crippen molar-refractivity contribution >= 4 is 0 Å². The van der Waals surface area contributed by atoms with E-state index in [4.69, 9.17) is 9.26 Å². The third-order valence-electron chi connectivity index (χ3n) is 4.16.